The Morgan fingerprint density at radius 2 is 1.81 bits per heavy atom. The number of hydrogen-bond acceptors (Lipinski definition) is 3. The molecule has 0 bridgehead atoms. The molecule has 0 amide bonds. The molecule has 0 heterocycles. The average molecular weight is 220 g/mol. The van der Waals surface area contributed by atoms with E-state index in [0.717, 1.165) is 17.0 Å². The molecule has 16 heavy (non-hydrogen) atoms. The van der Waals surface area contributed by atoms with Crippen LogP contribution in [0.2, 0.25) is 0 Å². The molecule has 0 aliphatic heterocycles. The van der Waals surface area contributed by atoms with Gasteiger partial charge in [-0.3, -0.25) is 0 Å². The maximum absolute atomic E-state index is 5.18. The summed E-state index contributed by atoms with van der Waals surface area (Å²) in [6.07, 6.45) is 0.709. The summed E-state index contributed by atoms with van der Waals surface area (Å²) in [7, 11) is 1.64. The fraction of sp³-hybridized carbons (Fsp3) is 0.273. The number of methoxy groups -OCH3 is 1. The van der Waals surface area contributed by atoms with Gasteiger partial charge >= 0.3 is 0 Å². The predicted octanol–water partition coefficient (Wildman–Crippen LogP) is 0.887. The first kappa shape index (κ1) is 12.0. The number of benzene rings is 1. The molecule has 5 nitrogen and oxygen atoms in total. The van der Waals surface area contributed by atoms with Gasteiger partial charge in [0.05, 0.1) is 7.11 Å². The van der Waals surface area contributed by atoms with Crippen LogP contribution in [0, 0.1) is 0 Å². The van der Waals surface area contributed by atoms with Gasteiger partial charge < -0.3 is 16.2 Å². The molecule has 0 aliphatic rings. The highest BCUT2D eigenvalue weighted by atomic mass is 16.5. The summed E-state index contributed by atoms with van der Waals surface area (Å²) >= 11 is 0. The SMILES string of the molecule is COc1ccc(C/C(C)=N/N=C(N)N)cc1. The fourth-order valence-electron chi connectivity index (χ4n) is 1.22. The lowest BCUT2D eigenvalue weighted by Gasteiger charge is -2.02. The van der Waals surface area contributed by atoms with Gasteiger partial charge in [0.1, 0.15) is 5.75 Å². The standard InChI is InChI=1S/C11H16N4O/c1-8(14-15-11(12)13)7-9-3-5-10(16-2)6-4-9/h3-6H,7H2,1-2H3,(H4,12,13,15)/b14-8+. The third kappa shape index (κ3) is 4.00. The second-order valence-electron chi connectivity index (χ2n) is 3.38. The molecule has 0 atom stereocenters. The fourth-order valence-corrected chi connectivity index (χ4v) is 1.22. The van der Waals surface area contributed by atoms with Gasteiger partial charge in [-0.05, 0) is 24.6 Å². The first-order valence-corrected chi connectivity index (χ1v) is 4.87. The molecule has 0 fully saturated rings. The Bertz CT molecular complexity index is 391. The van der Waals surface area contributed by atoms with E-state index in [0.29, 0.717) is 6.42 Å². The zero-order chi connectivity index (χ0) is 12.0. The molecule has 86 valence electrons. The van der Waals surface area contributed by atoms with Crippen molar-refractivity contribution in [2.75, 3.05) is 7.11 Å². The Hall–Kier alpha value is -2.04. The molecule has 0 saturated heterocycles. The third-order valence-corrected chi connectivity index (χ3v) is 1.96. The normalized spacial score (nSPS) is 11.0. The van der Waals surface area contributed by atoms with E-state index < -0.39 is 0 Å². The van der Waals surface area contributed by atoms with Gasteiger partial charge in [-0.1, -0.05) is 12.1 Å². The molecule has 0 radical (unpaired) electrons. The van der Waals surface area contributed by atoms with E-state index in [2.05, 4.69) is 10.2 Å². The van der Waals surface area contributed by atoms with Gasteiger partial charge in [0.2, 0.25) is 5.96 Å². The molecule has 0 unspecified atom stereocenters. The number of nitrogens with two attached hydrogens (primary N) is 2. The molecule has 0 aliphatic carbocycles. The Balaban J connectivity index is 2.66. The highest BCUT2D eigenvalue weighted by molar-refractivity contribution is 5.85. The van der Waals surface area contributed by atoms with Crippen LogP contribution in [-0.4, -0.2) is 18.8 Å². The molecule has 4 N–H and O–H groups in total. The van der Waals surface area contributed by atoms with Gasteiger partial charge in [-0.15, -0.1) is 5.10 Å². The number of rotatable bonds is 4. The maximum Gasteiger partial charge on any atom is 0.211 e. The van der Waals surface area contributed by atoms with Crippen LogP contribution in [-0.2, 0) is 6.42 Å². The van der Waals surface area contributed by atoms with E-state index in [1.807, 2.05) is 31.2 Å². The molecule has 1 aromatic carbocycles. The summed E-state index contributed by atoms with van der Waals surface area (Å²) in [5.74, 6) is 0.802. The quantitative estimate of drug-likeness (QED) is 0.449. The summed E-state index contributed by atoms with van der Waals surface area (Å²) in [5, 5.41) is 7.47. The Morgan fingerprint density at radius 3 is 2.31 bits per heavy atom. The van der Waals surface area contributed by atoms with Gasteiger partial charge in [0.25, 0.3) is 0 Å². The summed E-state index contributed by atoms with van der Waals surface area (Å²) < 4.78 is 5.07. The topological polar surface area (TPSA) is 86.0 Å². The molecule has 0 saturated carbocycles. The largest absolute Gasteiger partial charge is 0.497 e. The zero-order valence-electron chi connectivity index (χ0n) is 9.47. The van der Waals surface area contributed by atoms with Crippen molar-refractivity contribution in [1.82, 2.24) is 0 Å². The number of guanidine groups is 1. The minimum absolute atomic E-state index is 0.0333. The van der Waals surface area contributed by atoms with E-state index in [1.165, 1.54) is 0 Å². The van der Waals surface area contributed by atoms with E-state index in [1.54, 1.807) is 7.11 Å². The van der Waals surface area contributed by atoms with Crippen LogP contribution < -0.4 is 16.2 Å². The van der Waals surface area contributed by atoms with Crippen LogP contribution in [0.3, 0.4) is 0 Å². The second-order valence-corrected chi connectivity index (χ2v) is 3.38. The minimum atomic E-state index is -0.0333. The highest BCUT2D eigenvalue weighted by Crippen LogP contribution is 2.11. The maximum atomic E-state index is 5.18. The van der Waals surface area contributed by atoms with Crippen molar-refractivity contribution < 1.29 is 4.74 Å². The van der Waals surface area contributed by atoms with Crippen molar-refractivity contribution in [1.29, 1.82) is 0 Å². The van der Waals surface area contributed by atoms with Crippen molar-refractivity contribution in [3.8, 4) is 5.75 Å². The lowest BCUT2D eigenvalue weighted by molar-refractivity contribution is 0.414. The van der Waals surface area contributed by atoms with Crippen molar-refractivity contribution in [2.45, 2.75) is 13.3 Å². The average Bonchev–Trinajstić information content (AvgIpc) is 2.27. The Labute approximate surface area is 94.8 Å². The molecule has 5 heteroatoms. The highest BCUT2D eigenvalue weighted by Gasteiger charge is 1.97. The van der Waals surface area contributed by atoms with E-state index in [9.17, 15) is 0 Å². The smallest absolute Gasteiger partial charge is 0.211 e. The zero-order valence-corrected chi connectivity index (χ0v) is 9.47. The van der Waals surface area contributed by atoms with Crippen molar-refractivity contribution in [2.24, 2.45) is 21.7 Å². The number of ether oxygens (including phenoxy) is 1. The van der Waals surface area contributed by atoms with E-state index >= 15 is 0 Å². The van der Waals surface area contributed by atoms with Gasteiger partial charge in [0.15, 0.2) is 0 Å². The summed E-state index contributed by atoms with van der Waals surface area (Å²) in [6, 6.07) is 7.77. The Morgan fingerprint density at radius 1 is 1.19 bits per heavy atom. The summed E-state index contributed by atoms with van der Waals surface area (Å²) in [6.45, 7) is 1.87. The molecular formula is C11H16N4O. The molecular weight excluding hydrogens is 204 g/mol. The van der Waals surface area contributed by atoms with Crippen LogP contribution in [0.25, 0.3) is 0 Å². The van der Waals surface area contributed by atoms with E-state index in [-0.39, 0.29) is 5.96 Å². The molecule has 0 aromatic heterocycles. The van der Waals surface area contributed by atoms with Crippen LogP contribution >= 0.6 is 0 Å². The van der Waals surface area contributed by atoms with Crippen LogP contribution in [0.5, 0.6) is 5.75 Å². The Kier molecular flexibility index (Phi) is 4.32. The molecule has 0 spiro atoms. The van der Waals surface area contributed by atoms with Crippen molar-refractivity contribution >= 4 is 11.7 Å². The van der Waals surface area contributed by atoms with Gasteiger partial charge in [0, 0.05) is 12.1 Å². The predicted molar refractivity (Wildman–Crippen MR) is 65.6 cm³/mol. The van der Waals surface area contributed by atoms with Gasteiger partial charge in [-0.25, -0.2) is 0 Å². The summed E-state index contributed by atoms with van der Waals surface area (Å²) in [4.78, 5) is 0. The molecule has 1 rings (SSSR count). The third-order valence-electron chi connectivity index (χ3n) is 1.96. The lowest BCUT2D eigenvalue weighted by atomic mass is 10.1. The van der Waals surface area contributed by atoms with Crippen LogP contribution in [0.1, 0.15) is 12.5 Å². The summed E-state index contributed by atoms with van der Waals surface area (Å²) in [5.41, 5.74) is 12.3. The lowest BCUT2D eigenvalue weighted by Crippen LogP contribution is -2.22. The van der Waals surface area contributed by atoms with Crippen molar-refractivity contribution in [3.05, 3.63) is 29.8 Å². The van der Waals surface area contributed by atoms with Crippen molar-refractivity contribution in [3.63, 3.8) is 0 Å². The van der Waals surface area contributed by atoms with Crippen LogP contribution in [0.15, 0.2) is 34.5 Å². The van der Waals surface area contributed by atoms with Gasteiger partial charge in [-0.2, -0.15) is 5.10 Å². The monoisotopic (exact) mass is 220 g/mol. The molecule has 1 aromatic rings. The first-order chi connectivity index (χ1) is 7.61. The van der Waals surface area contributed by atoms with Crippen LogP contribution in [0.4, 0.5) is 0 Å². The number of hydrogen-bond donors (Lipinski definition) is 2. The second kappa shape index (κ2) is 5.75. The number of nitrogens with zero attached hydrogens (tertiary/aromatic N) is 2. The first-order valence-electron chi connectivity index (χ1n) is 4.87. The van der Waals surface area contributed by atoms with E-state index in [4.69, 9.17) is 16.2 Å². The minimum Gasteiger partial charge on any atom is -0.497 e.